The summed E-state index contributed by atoms with van der Waals surface area (Å²) in [6.07, 6.45) is 1.62. The fourth-order valence-electron chi connectivity index (χ4n) is 1.32. The average molecular weight is 233 g/mol. The second-order valence-electron chi connectivity index (χ2n) is 3.37. The molecule has 16 heavy (non-hydrogen) atoms. The summed E-state index contributed by atoms with van der Waals surface area (Å²) in [5.74, 6) is 0.345. The van der Waals surface area contributed by atoms with Crippen molar-refractivity contribution in [1.82, 2.24) is 4.68 Å². The molecule has 0 unspecified atom stereocenters. The zero-order valence-corrected chi connectivity index (χ0v) is 9.57. The molecule has 0 fully saturated rings. The first-order valence-corrected chi connectivity index (χ1v) is 5.62. The minimum absolute atomic E-state index is 0.217. The molecule has 82 valence electrons. The van der Waals surface area contributed by atoms with Crippen LogP contribution in [0.4, 0.5) is 5.82 Å². The van der Waals surface area contributed by atoms with Crippen molar-refractivity contribution in [2.75, 3.05) is 5.73 Å². The lowest BCUT2D eigenvalue weighted by molar-refractivity contribution is 0.844. The van der Waals surface area contributed by atoms with Crippen molar-refractivity contribution in [2.24, 2.45) is 5.10 Å². The summed E-state index contributed by atoms with van der Waals surface area (Å²) in [4.78, 5) is 12.6. The van der Waals surface area contributed by atoms with Crippen LogP contribution in [0.5, 0.6) is 0 Å². The summed E-state index contributed by atoms with van der Waals surface area (Å²) < 4.78 is 1.19. The highest BCUT2D eigenvalue weighted by atomic mass is 32.1. The molecule has 0 radical (unpaired) electrons. The third-order valence-corrected chi connectivity index (χ3v) is 2.83. The minimum Gasteiger partial charge on any atom is -0.384 e. The molecule has 2 N–H and O–H groups in total. The Kier molecular flexibility index (Phi) is 2.87. The van der Waals surface area contributed by atoms with Crippen molar-refractivity contribution in [3.8, 4) is 0 Å². The van der Waals surface area contributed by atoms with E-state index in [1.807, 2.05) is 24.4 Å². The first kappa shape index (κ1) is 10.6. The summed E-state index contributed by atoms with van der Waals surface area (Å²) in [7, 11) is 0. The second kappa shape index (κ2) is 4.32. The molecule has 0 aromatic carbocycles. The number of thiophene rings is 1. The molecule has 0 aliphatic carbocycles. The maximum atomic E-state index is 11.6. The van der Waals surface area contributed by atoms with E-state index in [1.54, 1.807) is 23.6 Å². The second-order valence-corrected chi connectivity index (χ2v) is 4.35. The van der Waals surface area contributed by atoms with Gasteiger partial charge in [-0.25, -0.2) is 0 Å². The van der Waals surface area contributed by atoms with Crippen LogP contribution in [0.25, 0.3) is 0 Å². The Morgan fingerprint density at radius 2 is 2.31 bits per heavy atom. The van der Waals surface area contributed by atoms with Gasteiger partial charge in [0.1, 0.15) is 5.82 Å². The molecule has 2 heterocycles. The number of nitrogens with zero attached hydrogens (tertiary/aromatic N) is 2. The first-order chi connectivity index (χ1) is 7.66. The zero-order chi connectivity index (χ0) is 11.5. The van der Waals surface area contributed by atoms with Crippen molar-refractivity contribution in [3.05, 3.63) is 50.4 Å². The molecular weight excluding hydrogens is 222 g/mol. The number of aryl methyl sites for hydroxylation is 1. The van der Waals surface area contributed by atoms with E-state index in [1.165, 1.54) is 10.7 Å². The maximum Gasteiger partial charge on any atom is 0.273 e. The van der Waals surface area contributed by atoms with Crippen LogP contribution in [-0.2, 0) is 0 Å². The van der Waals surface area contributed by atoms with E-state index in [9.17, 15) is 4.79 Å². The lowest BCUT2D eigenvalue weighted by atomic mass is 10.3. The number of rotatable bonds is 2. The molecule has 2 aromatic rings. The van der Waals surface area contributed by atoms with Gasteiger partial charge in [0.05, 0.1) is 6.21 Å². The topological polar surface area (TPSA) is 60.4 Å². The molecule has 0 aliphatic rings. The van der Waals surface area contributed by atoms with E-state index >= 15 is 0 Å². The van der Waals surface area contributed by atoms with Gasteiger partial charge in [0.25, 0.3) is 5.56 Å². The van der Waals surface area contributed by atoms with Crippen LogP contribution in [0.2, 0.25) is 0 Å². The van der Waals surface area contributed by atoms with Crippen molar-refractivity contribution < 1.29 is 0 Å². The number of nitrogen functional groups attached to an aromatic ring is 1. The SMILES string of the molecule is Cc1cc(N)n(/N=C\c2cccs2)c(=O)c1. The first-order valence-electron chi connectivity index (χ1n) is 4.74. The fraction of sp³-hybridized carbons (Fsp3) is 0.0909. The molecule has 2 rings (SSSR count). The van der Waals surface area contributed by atoms with Gasteiger partial charge in [0.15, 0.2) is 0 Å². The Bertz CT molecular complexity index is 569. The summed E-state index contributed by atoms with van der Waals surface area (Å²) in [6, 6.07) is 7.06. The van der Waals surface area contributed by atoms with Crippen LogP contribution in [-0.4, -0.2) is 10.9 Å². The molecule has 4 nitrogen and oxygen atoms in total. The lowest BCUT2D eigenvalue weighted by Gasteiger charge is -2.02. The fourth-order valence-corrected chi connectivity index (χ4v) is 1.90. The van der Waals surface area contributed by atoms with Crippen molar-refractivity contribution in [1.29, 1.82) is 0 Å². The quantitative estimate of drug-likeness (QED) is 0.802. The monoisotopic (exact) mass is 233 g/mol. The van der Waals surface area contributed by atoms with Gasteiger partial charge in [0.2, 0.25) is 0 Å². The van der Waals surface area contributed by atoms with E-state index in [0.717, 1.165) is 10.4 Å². The highest BCUT2D eigenvalue weighted by molar-refractivity contribution is 7.11. The van der Waals surface area contributed by atoms with E-state index in [4.69, 9.17) is 5.73 Å². The standard InChI is InChI=1S/C11H11N3OS/c1-8-5-10(12)14(11(15)6-8)13-7-9-3-2-4-16-9/h2-7H,12H2,1H3/b13-7-. The predicted octanol–water partition coefficient (Wildman–Crippen LogP) is 1.68. The Balaban J connectivity index is 2.39. The van der Waals surface area contributed by atoms with Gasteiger partial charge < -0.3 is 5.73 Å². The highest BCUT2D eigenvalue weighted by Crippen LogP contribution is 2.06. The summed E-state index contributed by atoms with van der Waals surface area (Å²) >= 11 is 1.55. The van der Waals surface area contributed by atoms with Crippen LogP contribution in [0, 0.1) is 6.92 Å². The van der Waals surface area contributed by atoms with Gasteiger partial charge in [0, 0.05) is 10.9 Å². The molecular formula is C11H11N3OS. The molecule has 0 amide bonds. The van der Waals surface area contributed by atoms with Gasteiger partial charge in [-0.3, -0.25) is 4.79 Å². The number of nitrogens with two attached hydrogens (primary N) is 1. The molecule has 0 saturated carbocycles. The van der Waals surface area contributed by atoms with Crippen LogP contribution < -0.4 is 11.3 Å². The van der Waals surface area contributed by atoms with Crippen molar-refractivity contribution in [2.45, 2.75) is 6.92 Å². The zero-order valence-electron chi connectivity index (χ0n) is 8.75. The molecule has 0 bridgehead atoms. The van der Waals surface area contributed by atoms with Gasteiger partial charge >= 0.3 is 0 Å². The van der Waals surface area contributed by atoms with Gasteiger partial charge in [-0.15, -0.1) is 11.3 Å². The largest absolute Gasteiger partial charge is 0.384 e. The van der Waals surface area contributed by atoms with Crippen LogP contribution in [0.3, 0.4) is 0 Å². The number of hydrogen-bond donors (Lipinski definition) is 1. The average Bonchev–Trinajstić information content (AvgIpc) is 2.68. The van der Waals surface area contributed by atoms with Gasteiger partial charge in [-0.1, -0.05) is 6.07 Å². The predicted molar refractivity (Wildman–Crippen MR) is 67.2 cm³/mol. The summed E-state index contributed by atoms with van der Waals surface area (Å²) in [5, 5.41) is 6.00. The Hall–Kier alpha value is -1.88. The third-order valence-electron chi connectivity index (χ3n) is 2.02. The highest BCUT2D eigenvalue weighted by Gasteiger charge is 1.99. The van der Waals surface area contributed by atoms with Crippen LogP contribution >= 0.6 is 11.3 Å². The number of anilines is 1. The molecule has 0 saturated heterocycles. The Morgan fingerprint density at radius 3 is 2.94 bits per heavy atom. The van der Waals surface area contributed by atoms with Crippen molar-refractivity contribution in [3.63, 3.8) is 0 Å². The van der Waals surface area contributed by atoms with E-state index < -0.39 is 0 Å². The normalized spacial score (nSPS) is 11.1. The van der Waals surface area contributed by atoms with E-state index in [0.29, 0.717) is 5.82 Å². The smallest absolute Gasteiger partial charge is 0.273 e. The van der Waals surface area contributed by atoms with Gasteiger partial charge in [-0.2, -0.15) is 9.78 Å². The van der Waals surface area contributed by atoms with Crippen LogP contribution in [0.15, 0.2) is 39.5 Å². The molecule has 0 spiro atoms. The van der Waals surface area contributed by atoms with Crippen molar-refractivity contribution >= 4 is 23.4 Å². The van der Waals surface area contributed by atoms with E-state index in [-0.39, 0.29) is 5.56 Å². The Morgan fingerprint density at radius 1 is 1.50 bits per heavy atom. The minimum atomic E-state index is -0.217. The molecule has 0 atom stereocenters. The molecule has 2 aromatic heterocycles. The maximum absolute atomic E-state index is 11.6. The third kappa shape index (κ3) is 2.20. The Labute approximate surface area is 96.7 Å². The van der Waals surface area contributed by atoms with E-state index in [2.05, 4.69) is 5.10 Å². The number of hydrogen-bond acceptors (Lipinski definition) is 4. The molecule has 0 aliphatic heterocycles. The summed E-state index contributed by atoms with van der Waals surface area (Å²) in [5.41, 5.74) is 6.34. The lowest BCUT2D eigenvalue weighted by Crippen LogP contribution is -2.18. The summed E-state index contributed by atoms with van der Waals surface area (Å²) in [6.45, 7) is 1.82. The molecule has 5 heteroatoms. The van der Waals surface area contributed by atoms with Crippen LogP contribution in [0.1, 0.15) is 10.4 Å². The number of pyridine rings is 1. The number of aromatic nitrogens is 1. The van der Waals surface area contributed by atoms with Gasteiger partial charge in [-0.05, 0) is 30.0 Å².